The molecule has 1 saturated heterocycles. The summed E-state index contributed by atoms with van der Waals surface area (Å²) in [6, 6.07) is 12.2. The average Bonchev–Trinajstić information content (AvgIpc) is 3.22. The lowest BCUT2D eigenvalue weighted by Gasteiger charge is -2.24. The molecule has 0 bridgehead atoms. The summed E-state index contributed by atoms with van der Waals surface area (Å²) in [6.45, 7) is 5.55. The largest absolute Gasteiger partial charge is 0.462 e. The van der Waals surface area contributed by atoms with Crippen molar-refractivity contribution >= 4 is 13.7 Å². The van der Waals surface area contributed by atoms with Crippen LogP contribution in [0, 0.1) is 5.82 Å². The highest BCUT2D eigenvalue weighted by Gasteiger charge is 2.48. The quantitative estimate of drug-likeness (QED) is 0.239. The molecule has 5 atom stereocenters. The van der Waals surface area contributed by atoms with E-state index in [0.717, 1.165) is 28.0 Å². The molecule has 1 aliphatic rings. The summed E-state index contributed by atoms with van der Waals surface area (Å²) in [7, 11) is -4.31. The predicted molar refractivity (Wildman–Crippen MR) is 149 cm³/mol. The molecule has 11 nitrogen and oxygen atoms in total. The number of aromatic nitrogens is 2. The van der Waals surface area contributed by atoms with Gasteiger partial charge in [0.15, 0.2) is 11.9 Å². The van der Waals surface area contributed by atoms with E-state index < -0.39 is 61.7 Å². The monoisotopic (exact) mass is 607 g/mol. The molecule has 4 rings (SSSR count). The van der Waals surface area contributed by atoms with Gasteiger partial charge in [0.05, 0.1) is 18.8 Å². The molecular formula is C28H32F2N3O8P. The van der Waals surface area contributed by atoms with Crippen LogP contribution in [0.25, 0.3) is 11.1 Å². The summed E-state index contributed by atoms with van der Waals surface area (Å²) in [6.07, 6.45) is -1.89. The molecule has 3 aromatic rings. The van der Waals surface area contributed by atoms with Gasteiger partial charge in [0, 0.05) is 18.7 Å². The second-order valence-corrected chi connectivity index (χ2v) is 12.1. The fourth-order valence-corrected chi connectivity index (χ4v) is 5.89. The van der Waals surface area contributed by atoms with Gasteiger partial charge in [-0.1, -0.05) is 24.3 Å². The van der Waals surface area contributed by atoms with Crippen LogP contribution in [0.3, 0.4) is 0 Å². The average molecular weight is 608 g/mol. The molecule has 0 radical (unpaired) electrons. The number of carbonyl (C=O) groups excluding carboxylic acids is 1. The first-order chi connectivity index (χ1) is 19.7. The Morgan fingerprint density at radius 1 is 1.12 bits per heavy atom. The van der Waals surface area contributed by atoms with Crippen molar-refractivity contribution in [1.82, 2.24) is 14.6 Å². The second-order valence-electron chi connectivity index (χ2n) is 10.4. The number of ether oxygens (including phenoxy) is 2. The van der Waals surface area contributed by atoms with Crippen molar-refractivity contribution < 1.29 is 36.7 Å². The van der Waals surface area contributed by atoms with Crippen LogP contribution >= 0.6 is 7.75 Å². The predicted octanol–water partition coefficient (Wildman–Crippen LogP) is 4.49. The third-order valence-corrected chi connectivity index (χ3v) is 7.96. The van der Waals surface area contributed by atoms with E-state index in [2.05, 4.69) is 10.1 Å². The van der Waals surface area contributed by atoms with Crippen molar-refractivity contribution in [3.63, 3.8) is 0 Å². The van der Waals surface area contributed by atoms with Crippen LogP contribution in [0.2, 0.25) is 0 Å². The second kappa shape index (κ2) is 12.7. The number of carbonyl (C=O) groups is 1. The van der Waals surface area contributed by atoms with Gasteiger partial charge in [0.25, 0.3) is 5.56 Å². The topological polar surface area (TPSA) is 138 Å². The Balaban J connectivity index is 1.51. The molecule has 226 valence electrons. The van der Waals surface area contributed by atoms with E-state index in [1.54, 1.807) is 38.1 Å². The summed E-state index contributed by atoms with van der Waals surface area (Å²) in [4.78, 5) is 38.1. The minimum absolute atomic E-state index is 0.126. The van der Waals surface area contributed by atoms with Crippen LogP contribution in [0.5, 0.6) is 5.75 Å². The van der Waals surface area contributed by atoms with Crippen LogP contribution in [0.15, 0.2) is 70.4 Å². The zero-order chi connectivity index (χ0) is 30.7. The van der Waals surface area contributed by atoms with Gasteiger partial charge in [0.2, 0.25) is 0 Å². The fraction of sp³-hybridized carbons (Fsp3) is 0.393. The number of benzene rings is 2. The highest BCUT2D eigenvalue weighted by Crippen LogP contribution is 2.47. The Morgan fingerprint density at radius 2 is 1.74 bits per heavy atom. The first-order valence-corrected chi connectivity index (χ1v) is 14.7. The standard InChI is InChI=1S/C28H32F2N3O8P/c1-17(2)39-25(35)18(3)32-42(37,41-22-11-7-20(8-12-22)19-5-9-21(29)10-6-19)38-16-23-15-28(4,30)26(40-23)33-14-13-24(34)31-27(33)36/h5-14,17-18,23,26H,15-16H2,1-4H3,(H,32,37)(H,31,34,36)/t18-,23-,26+,28+,42?/m0/s1. The van der Waals surface area contributed by atoms with Crippen molar-refractivity contribution in [1.29, 1.82) is 0 Å². The van der Waals surface area contributed by atoms with Crippen molar-refractivity contribution in [2.45, 2.75) is 64.3 Å². The van der Waals surface area contributed by atoms with E-state index in [4.69, 9.17) is 18.5 Å². The molecule has 2 N–H and O–H groups in total. The van der Waals surface area contributed by atoms with E-state index in [1.165, 1.54) is 38.1 Å². The molecule has 14 heteroatoms. The normalized spacial score (nSPS) is 22.5. The molecule has 2 heterocycles. The summed E-state index contributed by atoms with van der Waals surface area (Å²) in [5.41, 5.74) is -2.05. The van der Waals surface area contributed by atoms with Gasteiger partial charge < -0.3 is 14.0 Å². The number of hydrogen-bond donors (Lipinski definition) is 2. The van der Waals surface area contributed by atoms with Crippen molar-refractivity contribution in [2.75, 3.05) is 6.61 Å². The van der Waals surface area contributed by atoms with Crippen LogP contribution in [-0.2, 0) is 23.4 Å². The number of halogens is 2. The third kappa shape index (κ3) is 7.80. The van der Waals surface area contributed by atoms with E-state index in [-0.39, 0.29) is 18.0 Å². The zero-order valence-electron chi connectivity index (χ0n) is 23.4. The van der Waals surface area contributed by atoms with Crippen LogP contribution in [0.4, 0.5) is 8.78 Å². The Labute approximate surface area is 240 Å². The van der Waals surface area contributed by atoms with Gasteiger partial charge in [-0.25, -0.2) is 18.1 Å². The van der Waals surface area contributed by atoms with E-state index >= 15 is 4.39 Å². The lowest BCUT2D eigenvalue weighted by atomic mass is 10.0. The number of esters is 1. The highest BCUT2D eigenvalue weighted by atomic mass is 31.2. The molecule has 1 unspecified atom stereocenters. The SMILES string of the molecule is CC(C)OC(=O)[C@H](C)NP(=O)(OC[C@@H]1C[C@@](C)(F)[C@H](n2ccc(=O)[nH]c2=O)O1)Oc1ccc(-c2ccc(F)cc2)cc1. The smallest absolute Gasteiger partial charge is 0.459 e. The Kier molecular flexibility index (Phi) is 9.47. The van der Waals surface area contributed by atoms with Gasteiger partial charge in [-0.15, -0.1) is 0 Å². The fourth-order valence-electron chi connectivity index (χ4n) is 4.37. The molecular weight excluding hydrogens is 575 g/mol. The van der Waals surface area contributed by atoms with Crippen molar-refractivity contribution in [3.05, 3.63) is 87.4 Å². The first kappa shape index (κ1) is 31.3. The maximum atomic E-state index is 15.5. The maximum absolute atomic E-state index is 15.5. The Hall–Kier alpha value is -3.64. The highest BCUT2D eigenvalue weighted by molar-refractivity contribution is 7.52. The molecule has 0 spiro atoms. The summed E-state index contributed by atoms with van der Waals surface area (Å²) in [5.74, 6) is -0.944. The Bertz CT molecular complexity index is 1560. The first-order valence-electron chi connectivity index (χ1n) is 13.2. The summed E-state index contributed by atoms with van der Waals surface area (Å²) < 4.78 is 65.8. The minimum atomic E-state index is -4.31. The van der Waals surface area contributed by atoms with Gasteiger partial charge in [-0.3, -0.25) is 23.7 Å². The molecule has 0 amide bonds. The Morgan fingerprint density at radius 3 is 2.33 bits per heavy atom. The lowest BCUT2D eigenvalue weighted by molar-refractivity contribution is -0.149. The molecule has 1 aliphatic heterocycles. The van der Waals surface area contributed by atoms with Gasteiger partial charge in [-0.2, -0.15) is 5.09 Å². The summed E-state index contributed by atoms with van der Waals surface area (Å²) >= 11 is 0. The molecule has 1 aromatic heterocycles. The summed E-state index contributed by atoms with van der Waals surface area (Å²) in [5, 5.41) is 2.55. The number of aromatic amines is 1. The molecule has 0 aliphatic carbocycles. The molecule has 0 saturated carbocycles. The third-order valence-electron chi connectivity index (χ3n) is 6.31. The van der Waals surface area contributed by atoms with Crippen molar-refractivity contribution in [2.24, 2.45) is 0 Å². The van der Waals surface area contributed by atoms with Crippen LogP contribution < -0.4 is 20.9 Å². The number of nitrogens with zero attached hydrogens (tertiary/aromatic N) is 1. The van der Waals surface area contributed by atoms with Crippen LogP contribution in [0.1, 0.15) is 40.3 Å². The van der Waals surface area contributed by atoms with E-state index in [9.17, 15) is 23.3 Å². The molecule has 1 fully saturated rings. The molecule has 42 heavy (non-hydrogen) atoms. The number of rotatable bonds is 11. The molecule has 2 aromatic carbocycles. The van der Waals surface area contributed by atoms with Gasteiger partial charge in [0.1, 0.15) is 17.6 Å². The van der Waals surface area contributed by atoms with E-state index in [1.807, 2.05) is 0 Å². The minimum Gasteiger partial charge on any atom is -0.462 e. The maximum Gasteiger partial charge on any atom is 0.459 e. The number of nitrogens with one attached hydrogen (secondary N) is 2. The van der Waals surface area contributed by atoms with Crippen molar-refractivity contribution in [3.8, 4) is 16.9 Å². The number of alkyl halides is 1. The number of hydrogen-bond acceptors (Lipinski definition) is 8. The van der Waals surface area contributed by atoms with Gasteiger partial charge in [-0.05, 0) is 63.1 Å². The van der Waals surface area contributed by atoms with Crippen LogP contribution in [-0.4, -0.2) is 46.0 Å². The lowest BCUT2D eigenvalue weighted by Crippen LogP contribution is -2.38. The van der Waals surface area contributed by atoms with Gasteiger partial charge >= 0.3 is 19.4 Å². The number of H-pyrrole nitrogens is 1. The zero-order valence-corrected chi connectivity index (χ0v) is 24.3. The van der Waals surface area contributed by atoms with E-state index in [0.29, 0.717) is 0 Å².